The van der Waals surface area contributed by atoms with Crippen LogP contribution in [0, 0.1) is 0 Å². The van der Waals surface area contributed by atoms with Crippen molar-refractivity contribution in [3.63, 3.8) is 0 Å². The average molecular weight is 345 g/mol. The summed E-state index contributed by atoms with van der Waals surface area (Å²) in [4.78, 5) is 10.6. The lowest BCUT2D eigenvalue weighted by Crippen LogP contribution is -2.18. The van der Waals surface area contributed by atoms with Crippen LogP contribution in [0.2, 0.25) is 0 Å². The number of rotatable bonds is 9. The fourth-order valence-corrected chi connectivity index (χ4v) is 2.38. The molecule has 0 heterocycles. The fourth-order valence-electron chi connectivity index (χ4n) is 1.78. The monoisotopic (exact) mass is 344 g/mol. The zero-order valence-electron chi connectivity index (χ0n) is 11.9. The van der Waals surface area contributed by atoms with E-state index in [0.717, 1.165) is 23.0 Å². The number of nitrogens with two attached hydrogens (primary N) is 1. The molecule has 0 spiro atoms. The molecule has 0 radical (unpaired) electrons. The minimum absolute atomic E-state index is 0.266. The summed E-state index contributed by atoms with van der Waals surface area (Å²) >= 11 is 3.49. The average Bonchev–Trinajstić information content (AvgIpc) is 2.40. The van der Waals surface area contributed by atoms with Gasteiger partial charge in [-0.2, -0.15) is 0 Å². The Morgan fingerprint density at radius 2 is 2.20 bits per heavy atom. The van der Waals surface area contributed by atoms with Gasteiger partial charge in [-0.3, -0.25) is 4.79 Å². The highest BCUT2D eigenvalue weighted by Crippen LogP contribution is 2.36. The highest BCUT2D eigenvalue weighted by Gasteiger charge is 2.11. The normalized spacial score (nSPS) is 10.3. The van der Waals surface area contributed by atoms with Crippen LogP contribution in [0.3, 0.4) is 0 Å². The van der Waals surface area contributed by atoms with Gasteiger partial charge in [0.1, 0.15) is 0 Å². The molecule has 0 atom stereocenters. The summed E-state index contributed by atoms with van der Waals surface area (Å²) in [5, 5.41) is 3.26. The molecule has 3 N–H and O–H groups in total. The van der Waals surface area contributed by atoms with Crippen molar-refractivity contribution in [2.24, 2.45) is 5.73 Å². The first-order chi connectivity index (χ1) is 9.58. The Morgan fingerprint density at radius 1 is 1.45 bits per heavy atom. The third kappa shape index (κ3) is 5.38. The van der Waals surface area contributed by atoms with Crippen LogP contribution in [0.4, 0.5) is 0 Å². The van der Waals surface area contributed by atoms with Crippen LogP contribution < -0.4 is 20.5 Å². The van der Waals surface area contributed by atoms with Gasteiger partial charge in [-0.15, -0.1) is 0 Å². The van der Waals surface area contributed by atoms with Crippen LogP contribution in [0.15, 0.2) is 16.6 Å². The van der Waals surface area contributed by atoms with E-state index in [-0.39, 0.29) is 5.91 Å². The van der Waals surface area contributed by atoms with Crippen LogP contribution in [0.25, 0.3) is 0 Å². The zero-order chi connectivity index (χ0) is 15.0. The maximum atomic E-state index is 10.6. The SMILES string of the molecule is CCOc1c(Br)cc(CNCCCC(N)=O)cc1OC. The van der Waals surface area contributed by atoms with Gasteiger partial charge in [-0.1, -0.05) is 0 Å². The van der Waals surface area contributed by atoms with Gasteiger partial charge in [-0.25, -0.2) is 0 Å². The van der Waals surface area contributed by atoms with Crippen LogP contribution in [0.1, 0.15) is 25.3 Å². The van der Waals surface area contributed by atoms with Crippen molar-refractivity contribution in [2.45, 2.75) is 26.3 Å². The number of carbonyl (C=O) groups excluding carboxylic acids is 1. The van der Waals surface area contributed by atoms with Crippen molar-refractivity contribution in [3.05, 3.63) is 22.2 Å². The standard InChI is InChI=1S/C14H21BrN2O3/c1-3-20-14-11(15)7-10(8-12(14)19-2)9-17-6-4-5-13(16)18/h7-8,17H,3-6,9H2,1-2H3,(H2,16,18). The molecular formula is C14H21BrN2O3. The van der Waals surface area contributed by atoms with Gasteiger partial charge >= 0.3 is 0 Å². The molecule has 0 saturated heterocycles. The molecule has 6 heteroatoms. The molecule has 1 aromatic rings. The summed E-state index contributed by atoms with van der Waals surface area (Å²) in [5.41, 5.74) is 6.17. The molecule has 112 valence electrons. The second kappa shape index (κ2) is 8.81. The topological polar surface area (TPSA) is 73.6 Å². The first-order valence-electron chi connectivity index (χ1n) is 6.56. The van der Waals surface area contributed by atoms with Gasteiger partial charge in [0.05, 0.1) is 18.2 Å². The maximum Gasteiger partial charge on any atom is 0.217 e. The molecule has 20 heavy (non-hydrogen) atoms. The number of hydrogen-bond donors (Lipinski definition) is 2. The Labute approximate surface area is 127 Å². The molecule has 1 rings (SSSR count). The van der Waals surface area contributed by atoms with Crippen molar-refractivity contribution in [1.29, 1.82) is 0 Å². The summed E-state index contributed by atoms with van der Waals surface area (Å²) in [6, 6.07) is 3.94. The minimum atomic E-state index is -0.266. The second-order valence-electron chi connectivity index (χ2n) is 4.29. The number of halogens is 1. The highest BCUT2D eigenvalue weighted by atomic mass is 79.9. The van der Waals surface area contributed by atoms with E-state index in [9.17, 15) is 4.79 Å². The lowest BCUT2D eigenvalue weighted by Gasteiger charge is -2.13. The van der Waals surface area contributed by atoms with Gasteiger partial charge in [0, 0.05) is 13.0 Å². The second-order valence-corrected chi connectivity index (χ2v) is 5.14. The maximum absolute atomic E-state index is 10.6. The molecule has 0 aliphatic rings. The highest BCUT2D eigenvalue weighted by molar-refractivity contribution is 9.10. The van der Waals surface area contributed by atoms with Gasteiger partial charge in [0.25, 0.3) is 0 Å². The third-order valence-electron chi connectivity index (χ3n) is 2.68. The quantitative estimate of drug-likeness (QED) is 0.673. The number of amides is 1. The smallest absolute Gasteiger partial charge is 0.217 e. The third-order valence-corrected chi connectivity index (χ3v) is 3.27. The Hall–Kier alpha value is -1.27. The Morgan fingerprint density at radius 3 is 2.80 bits per heavy atom. The van der Waals surface area contributed by atoms with E-state index >= 15 is 0 Å². The van der Waals surface area contributed by atoms with E-state index in [1.54, 1.807) is 7.11 Å². The number of nitrogens with one attached hydrogen (secondary N) is 1. The Kier molecular flexibility index (Phi) is 7.40. The molecule has 0 unspecified atom stereocenters. The molecule has 0 fully saturated rings. The first kappa shape index (κ1) is 16.8. The lowest BCUT2D eigenvalue weighted by molar-refractivity contribution is -0.118. The van der Waals surface area contributed by atoms with Crippen molar-refractivity contribution < 1.29 is 14.3 Å². The molecule has 5 nitrogen and oxygen atoms in total. The lowest BCUT2D eigenvalue weighted by atomic mass is 10.2. The molecule has 0 saturated carbocycles. The number of carbonyl (C=O) groups is 1. The largest absolute Gasteiger partial charge is 0.493 e. The van der Waals surface area contributed by atoms with Crippen LogP contribution in [-0.2, 0) is 11.3 Å². The zero-order valence-corrected chi connectivity index (χ0v) is 13.5. The van der Waals surface area contributed by atoms with Crippen LogP contribution >= 0.6 is 15.9 Å². The minimum Gasteiger partial charge on any atom is -0.493 e. The van der Waals surface area contributed by atoms with E-state index in [1.165, 1.54) is 0 Å². The van der Waals surface area contributed by atoms with Crippen LogP contribution in [0.5, 0.6) is 11.5 Å². The van der Waals surface area contributed by atoms with Crippen LogP contribution in [-0.4, -0.2) is 26.2 Å². The summed E-state index contributed by atoms with van der Waals surface area (Å²) < 4.78 is 11.7. The first-order valence-corrected chi connectivity index (χ1v) is 7.36. The summed E-state index contributed by atoms with van der Waals surface area (Å²) in [7, 11) is 1.62. The molecular weight excluding hydrogens is 324 g/mol. The Balaban J connectivity index is 2.58. The summed E-state index contributed by atoms with van der Waals surface area (Å²) in [6.45, 7) is 3.95. The predicted molar refractivity (Wildman–Crippen MR) is 82.0 cm³/mol. The van der Waals surface area contributed by atoms with Gasteiger partial charge < -0.3 is 20.5 Å². The van der Waals surface area contributed by atoms with Crippen molar-refractivity contribution >= 4 is 21.8 Å². The van der Waals surface area contributed by atoms with Gasteiger partial charge in [0.2, 0.25) is 5.91 Å². The molecule has 0 aliphatic carbocycles. The molecule has 0 aromatic heterocycles. The summed E-state index contributed by atoms with van der Waals surface area (Å²) in [6.07, 6.45) is 1.15. The van der Waals surface area contributed by atoms with Gasteiger partial charge in [0.15, 0.2) is 11.5 Å². The van der Waals surface area contributed by atoms with Crippen molar-refractivity contribution in [1.82, 2.24) is 5.32 Å². The number of methoxy groups -OCH3 is 1. The molecule has 0 aliphatic heterocycles. The van der Waals surface area contributed by atoms with Crippen molar-refractivity contribution in [3.8, 4) is 11.5 Å². The van der Waals surface area contributed by atoms with E-state index in [1.807, 2.05) is 19.1 Å². The van der Waals surface area contributed by atoms with E-state index in [4.69, 9.17) is 15.2 Å². The fraction of sp³-hybridized carbons (Fsp3) is 0.500. The number of hydrogen-bond acceptors (Lipinski definition) is 4. The number of primary amides is 1. The number of benzene rings is 1. The number of ether oxygens (including phenoxy) is 2. The molecule has 0 bridgehead atoms. The predicted octanol–water partition coefficient (Wildman–Crippen LogP) is 2.21. The van der Waals surface area contributed by atoms with E-state index in [2.05, 4.69) is 21.2 Å². The van der Waals surface area contributed by atoms with E-state index in [0.29, 0.717) is 31.1 Å². The van der Waals surface area contributed by atoms with E-state index < -0.39 is 0 Å². The Bertz CT molecular complexity index is 452. The van der Waals surface area contributed by atoms with Gasteiger partial charge in [-0.05, 0) is 53.5 Å². The van der Waals surface area contributed by atoms with Crippen molar-refractivity contribution in [2.75, 3.05) is 20.3 Å². The molecule has 1 amide bonds. The molecule has 1 aromatic carbocycles. The summed E-state index contributed by atoms with van der Waals surface area (Å²) in [5.74, 6) is 1.15.